The van der Waals surface area contributed by atoms with E-state index in [2.05, 4.69) is 4.98 Å². The number of hydrogen-bond donors (Lipinski definition) is 1. The summed E-state index contributed by atoms with van der Waals surface area (Å²) in [5, 5.41) is 1.58. The van der Waals surface area contributed by atoms with Gasteiger partial charge in [-0.1, -0.05) is 46.9 Å². The Kier molecular flexibility index (Phi) is 5.89. The summed E-state index contributed by atoms with van der Waals surface area (Å²) in [5.74, 6) is -2.08. The second kappa shape index (κ2) is 8.37. The Balaban J connectivity index is 1.79. The van der Waals surface area contributed by atoms with E-state index < -0.39 is 27.3 Å². The van der Waals surface area contributed by atoms with Crippen LogP contribution in [0.15, 0.2) is 54.9 Å². The third-order valence-electron chi connectivity index (χ3n) is 4.59. The summed E-state index contributed by atoms with van der Waals surface area (Å²) < 4.78 is 40.4. The summed E-state index contributed by atoms with van der Waals surface area (Å²) in [6.07, 6.45) is 3.95. The van der Waals surface area contributed by atoms with Crippen LogP contribution in [0, 0.1) is 5.82 Å². The van der Waals surface area contributed by atoms with Crippen molar-refractivity contribution >= 4 is 61.8 Å². The topological polar surface area (TPSA) is 81.1 Å². The first kappa shape index (κ1) is 22.5. The van der Waals surface area contributed by atoms with Gasteiger partial charge in [-0.3, -0.25) is 9.36 Å². The number of nitrogens with one attached hydrogen (secondary N) is 1. The Bertz CT molecular complexity index is 1490. The number of sulfonamides is 1. The Morgan fingerprint density at radius 2 is 1.72 bits per heavy atom. The van der Waals surface area contributed by atoms with E-state index in [1.807, 2.05) is 18.2 Å². The largest absolute Gasteiger partial charge is 0.298 e. The van der Waals surface area contributed by atoms with Gasteiger partial charge in [-0.2, -0.15) is 0 Å². The van der Waals surface area contributed by atoms with Gasteiger partial charge in [0.15, 0.2) is 0 Å². The van der Waals surface area contributed by atoms with Crippen LogP contribution in [0.2, 0.25) is 15.1 Å². The summed E-state index contributed by atoms with van der Waals surface area (Å²) in [7, 11) is -3.87. The van der Waals surface area contributed by atoms with Gasteiger partial charge in [0.1, 0.15) is 11.5 Å². The van der Waals surface area contributed by atoms with E-state index >= 15 is 0 Å². The van der Waals surface area contributed by atoms with Gasteiger partial charge in [-0.15, -0.1) is 0 Å². The van der Waals surface area contributed by atoms with Gasteiger partial charge in [0, 0.05) is 34.4 Å². The first-order valence-corrected chi connectivity index (χ1v) is 12.0. The molecule has 0 aliphatic heterocycles. The molecule has 164 valence electrons. The molecule has 0 radical (unpaired) electrons. The lowest BCUT2D eigenvalue weighted by Crippen LogP contribution is -2.30. The molecule has 11 heteroatoms. The highest BCUT2D eigenvalue weighted by atomic mass is 35.5. The summed E-state index contributed by atoms with van der Waals surface area (Å²) in [4.78, 5) is 16.5. The molecule has 1 amide bonds. The van der Waals surface area contributed by atoms with Crippen molar-refractivity contribution < 1.29 is 17.6 Å². The third-order valence-corrected chi connectivity index (χ3v) is 6.00. The molecule has 0 fully saturated rings. The molecule has 0 saturated carbocycles. The highest BCUT2D eigenvalue weighted by molar-refractivity contribution is 7.89. The minimum absolute atomic E-state index is 0.00203. The normalized spacial score (nSPS) is 11.7. The van der Waals surface area contributed by atoms with E-state index in [4.69, 9.17) is 34.8 Å². The van der Waals surface area contributed by atoms with Gasteiger partial charge in [0.05, 0.1) is 27.6 Å². The van der Waals surface area contributed by atoms with Crippen molar-refractivity contribution in [2.24, 2.45) is 0 Å². The highest BCUT2D eigenvalue weighted by Crippen LogP contribution is 2.34. The molecule has 32 heavy (non-hydrogen) atoms. The fraction of sp³-hybridized carbons (Fsp3) is 0.0476. The second-order valence-corrected chi connectivity index (χ2v) is 9.94. The summed E-state index contributed by atoms with van der Waals surface area (Å²) >= 11 is 18.7. The summed E-state index contributed by atoms with van der Waals surface area (Å²) in [6, 6.07) is 11.1. The van der Waals surface area contributed by atoms with E-state index in [1.54, 1.807) is 23.1 Å². The maximum atomic E-state index is 14.7. The lowest BCUT2D eigenvalue weighted by molar-refractivity contribution is 0.0978. The SMILES string of the molecule is CS(=O)(=O)NC(=O)c1cc(Cl)c(-n2cc(Cl)c3cc(-c4ccc(Cl)cc4)cnc32)cc1F. The monoisotopic (exact) mass is 511 g/mol. The molecule has 0 aliphatic rings. The lowest BCUT2D eigenvalue weighted by atomic mass is 10.1. The molecule has 0 aliphatic carbocycles. The van der Waals surface area contributed by atoms with Crippen molar-refractivity contribution in [2.75, 3.05) is 6.26 Å². The minimum atomic E-state index is -3.87. The number of nitrogens with zero attached hydrogens (tertiary/aromatic N) is 2. The van der Waals surface area contributed by atoms with Crippen LogP contribution >= 0.6 is 34.8 Å². The molecule has 0 spiro atoms. The fourth-order valence-corrected chi connectivity index (χ4v) is 4.24. The molecule has 4 rings (SSSR count). The van der Waals surface area contributed by atoms with E-state index in [-0.39, 0.29) is 10.7 Å². The number of carbonyl (C=O) groups excluding carboxylic acids is 1. The molecule has 2 heterocycles. The number of pyridine rings is 1. The van der Waals surface area contributed by atoms with E-state index in [0.717, 1.165) is 29.5 Å². The number of aromatic nitrogens is 2. The molecular weight excluding hydrogens is 500 g/mol. The molecule has 0 unspecified atom stereocenters. The Hall–Kier alpha value is -2.65. The molecule has 1 N–H and O–H groups in total. The quantitative estimate of drug-likeness (QED) is 0.392. The van der Waals surface area contributed by atoms with Crippen molar-refractivity contribution in [3.63, 3.8) is 0 Å². The van der Waals surface area contributed by atoms with Crippen LogP contribution in [-0.2, 0) is 10.0 Å². The molecule has 0 bridgehead atoms. The van der Waals surface area contributed by atoms with Crippen molar-refractivity contribution in [1.29, 1.82) is 0 Å². The smallest absolute Gasteiger partial charge is 0.267 e. The predicted octanol–water partition coefficient (Wildman–Crippen LogP) is 5.48. The van der Waals surface area contributed by atoms with Crippen LogP contribution in [0.4, 0.5) is 4.39 Å². The van der Waals surface area contributed by atoms with Gasteiger partial charge in [0.2, 0.25) is 10.0 Å². The number of rotatable bonds is 4. The zero-order chi connectivity index (χ0) is 23.2. The van der Waals surface area contributed by atoms with Crippen LogP contribution in [0.5, 0.6) is 0 Å². The first-order valence-electron chi connectivity index (χ1n) is 8.97. The van der Waals surface area contributed by atoms with Crippen LogP contribution in [-0.4, -0.2) is 30.1 Å². The van der Waals surface area contributed by atoms with E-state index in [1.165, 1.54) is 10.8 Å². The molecule has 0 atom stereocenters. The summed E-state index contributed by atoms with van der Waals surface area (Å²) in [6.45, 7) is 0. The molecule has 2 aromatic heterocycles. The molecule has 2 aromatic carbocycles. The Labute approximate surface area is 197 Å². The maximum Gasteiger partial charge on any atom is 0.267 e. The summed E-state index contributed by atoms with van der Waals surface area (Å²) in [5.41, 5.74) is 1.78. The van der Waals surface area contributed by atoms with Crippen molar-refractivity contribution in [3.05, 3.63) is 81.3 Å². The van der Waals surface area contributed by atoms with Gasteiger partial charge in [-0.25, -0.2) is 22.5 Å². The number of hydrogen-bond acceptors (Lipinski definition) is 4. The van der Waals surface area contributed by atoms with Gasteiger partial charge in [0.25, 0.3) is 5.91 Å². The maximum absolute atomic E-state index is 14.7. The second-order valence-electron chi connectivity index (χ2n) is 6.94. The highest BCUT2D eigenvalue weighted by Gasteiger charge is 2.20. The van der Waals surface area contributed by atoms with E-state index in [0.29, 0.717) is 21.1 Å². The van der Waals surface area contributed by atoms with Crippen molar-refractivity contribution in [1.82, 2.24) is 14.3 Å². The van der Waals surface area contributed by atoms with E-state index in [9.17, 15) is 17.6 Å². The average Bonchev–Trinajstić information content (AvgIpc) is 3.04. The van der Waals surface area contributed by atoms with Crippen LogP contribution in [0.25, 0.3) is 27.8 Å². The molecule has 4 aromatic rings. The van der Waals surface area contributed by atoms with Crippen LogP contribution in [0.1, 0.15) is 10.4 Å². The van der Waals surface area contributed by atoms with Crippen molar-refractivity contribution in [2.45, 2.75) is 0 Å². The lowest BCUT2D eigenvalue weighted by Gasteiger charge is -2.11. The first-order chi connectivity index (χ1) is 15.0. The third kappa shape index (κ3) is 4.45. The zero-order valence-electron chi connectivity index (χ0n) is 16.2. The number of amides is 1. The minimum Gasteiger partial charge on any atom is -0.298 e. The van der Waals surface area contributed by atoms with Crippen molar-refractivity contribution in [3.8, 4) is 16.8 Å². The predicted molar refractivity (Wildman–Crippen MR) is 124 cm³/mol. The standard InChI is InChI=1S/C21H13Cl3FN3O3S/c1-32(30,31)27-21(29)15-7-16(23)19(8-18(15)25)28-10-17(24)14-6-12(9-26-20(14)28)11-2-4-13(22)5-3-11/h2-10H,1H3,(H,27,29). The molecule has 0 saturated heterocycles. The van der Waals surface area contributed by atoms with Gasteiger partial charge < -0.3 is 0 Å². The van der Waals surface area contributed by atoms with Crippen LogP contribution in [0.3, 0.4) is 0 Å². The van der Waals surface area contributed by atoms with Gasteiger partial charge in [-0.05, 0) is 29.8 Å². The number of halogens is 4. The number of carbonyl (C=O) groups is 1. The molecule has 6 nitrogen and oxygen atoms in total. The number of benzene rings is 2. The number of fused-ring (bicyclic) bond motifs is 1. The Morgan fingerprint density at radius 1 is 1.03 bits per heavy atom. The average molecular weight is 513 g/mol. The van der Waals surface area contributed by atoms with Gasteiger partial charge >= 0.3 is 0 Å². The Morgan fingerprint density at radius 3 is 2.38 bits per heavy atom. The zero-order valence-corrected chi connectivity index (χ0v) is 19.3. The fourth-order valence-electron chi connectivity index (χ4n) is 3.17. The van der Waals surface area contributed by atoms with Crippen LogP contribution < -0.4 is 4.72 Å². The molecular formula is C21H13Cl3FN3O3S.